The van der Waals surface area contributed by atoms with Crippen molar-refractivity contribution in [3.63, 3.8) is 0 Å². The first-order valence-corrected chi connectivity index (χ1v) is 6.99. The fraction of sp³-hybridized carbons (Fsp3) is 0.417. The number of ether oxygens (including phenoxy) is 1. The second-order valence-corrected chi connectivity index (χ2v) is 4.91. The van der Waals surface area contributed by atoms with Crippen LogP contribution in [0.3, 0.4) is 0 Å². The molecule has 0 heterocycles. The van der Waals surface area contributed by atoms with Crippen molar-refractivity contribution in [1.82, 2.24) is 5.32 Å². The zero-order chi connectivity index (χ0) is 14.4. The third-order valence-corrected chi connectivity index (χ3v) is 3.52. The minimum atomic E-state index is -0.857. The Bertz CT molecular complexity index is 460. The molecule has 19 heavy (non-hydrogen) atoms. The molecule has 3 nitrogen and oxygen atoms in total. The standard InChI is InChI=1S/C12H13BrClF2NO2/c1-19-3-2-7(6-13)17-12(18)8-4-11(16)9(14)5-10(8)15/h4-5,7H,2-3,6H2,1H3,(H,17,18). The van der Waals surface area contributed by atoms with E-state index in [0.29, 0.717) is 18.4 Å². The van der Waals surface area contributed by atoms with Crippen LogP contribution in [0.4, 0.5) is 8.78 Å². The molecule has 0 aliphatic rings. The van der Waals surface area contributed by atoms with Gasteiger partial charge in [-0.3, -0.25) is 4.79 Å². The second kappa shape index (κ2) is 7.77. The minimum absolute atomic E-state index is 0.231. The normalized spacial score (nSPS) is 12.3. The van der Waals surface area contributed by atoms with Crippen LogP contribution in [0.15, 0.2) is 12.1 Å². The van der Waals surface area contributed by atoms with Gasteiger partial charge in [0, 0.05) is 25.1 Å². The molecule has 1 rings (SSSR count). The number of alkyl halides is 1. The molecule has 0 radical (unpaired) electrons. The van der Waals surface area contributed by atoms with Crippen molar-refractivity contribution in [1.29, 1.82) is 0 Å². The number of methoxy groups -OCH3 is 1. The molecule has 1 amide bonds. The summed E-state index contributed by atoms with van der Waals surface area (Å²) in [6.45, 7) is 0.452. The van der Waals surface area contributed by atoms with Crippen LogP contribution in [0.25, 0.3) is 0 Å². The van der Waals surface area contributed by atoms with Crippen molar-refractivity contribution in [3.05, 3.63) is 34.4 Å². The lowest BCUT2D eigenvalue weighted by atomic mass is 10.1. The lowest BCUT2D eigenvalue weighted by Gasteiger charge is -2.16. The van der Waals surface area contributed by atoms with Crippen LogP contribution in [0.5, 0.6) is 0 Å². The number of carbonyl (C=O) groups excluding carboxylic acids is 1. The quantitative estimate of drug-likeness (QED) is 0.628. The number of amides is 1. The van der Waals surface area contributed by atoms with Gasteiger partial charge in [-0.1, -0.05) is 27.5 Å². The molecular formula is C12H13BrClF2NO2. The predicted octanol–water partition coefficient (Wildman–Crippen LogP) is 3.15. The molecule has 0 bridgehead atoms. The van der Waals surface area contributed by atoms with Crippen molar-refractivity contribution in [2.75, 3.05) is 19.0 Å². The van der Waals surface area contributed by atoms with Crippen molar-refractivity contribution in [3.8, 4) is 0 Å². The van der Waals surface area contributed by atoms with Crippen LogP contribution in [0, 0.1) is 11.6 Å². The highest BCUT2D eigenvalue weighted by Gasteiger charge is 2.18. The Morgan fingerprint density at radius 1 is 1.47 bits per heavy atom. The van der Waals surface area contributed by atoms with Gasteiger partial charge in [0.25, 0.3) is 5.91 Å². The van der Waals surface area contributed by atoms with Crippen LogP contribution in [-0.2, 0) is 4.74 Å². The van der Waals surface area contributed by atoms with Crippen LogP contribution in [0.2, 0.25) is 5.02 Å². The zero-order valence-electron chi connectivity index (χ0n) is 10.2. The number of halogens is 4. The number of benzene rings is 1. The molecule has 0 aromatic heterocycles. The van der Waals surface area contributed by atoms with E-state index in [1.807, 2.05) is 0 Å². The summed E-state index contributed by atoms with van der Waals surface area (Å²) in [7, 11) is 1.54. The molecule has 1 aromatic carbocycles. The number of nitrogens with one attached hydrogen (secondary N) is 1. The van der Waals surface area contributed by atoms with Crippen molar-refractivity contribution < 1.29 is 18.3 Å². The van der Waals surface area contributed by atoms with Gasteiger partial charge in [0.05, 0.1) is 10.6 Å². The number of rotatable bonds is 6. The van der Waals surface area contributed by atoms with Crippen LogP contribution < -0.4 is 5.32 Å². The summed E-state index contributed by atoms with van der Waals surface area (Å²) >= 11 is 8.65. The molecule has 0 spiro atoms. The largest absolute Gasteiger partial charge is 0.385 e. The van der Waals surface area contributed by atoms with Gasteiger partial charge in [0.15, 0.2) is 0 Å². The topological polar surface area (TPSA) is 38.3 Å². The van der Waals surface area contributed by atoms with E-state index < -0.39 is 17.5 Å². The molecule has 1 aromatic rings. The fourth-order valence-electron chi connectivity index (χ4n) is 1.41. The molecule has 106 valence electrons. The molecular weight excluding hydrogens is 343 g/mol. The highest BCUT2D eigenvalue weighted by atomic mass is 79.9. The summed E-state index contributed by atoms with van der Waals surface area (Å²) in [6.07, 6.45) is 0.561. The van der Waals surface area contributed by atoms with Gasteiger partial charge in [-0.05, 0) is 18.6 Å². The first-order valence-electron chi connectivity index (χ1n) is 5.50. The van der Waals surface area contributed by atoms with Crippen molar-refractivity contribution in [2.24, 2.45) is 0 Å². The zero-order valence-corrected chi connectivity index (χ0v) is 12.5. The maximum absolute atomic E-state index is 13.5. The third-order valence-electron chi connectivity index (χ3n) is 2.45. The Morgan fingerprint density at radius 3 is 2.74 bits per heavy atom. The van der Waals surface area contributed by atoms with Gasteiger partial charge >= 0.3 is 0 Å². The summed E-state index contributed by atoms with van der Waals surface area (Å²) in [5, 5.41) is 2.72. The maximum Gasteiger partial charge on any atom is 0.254 e. The Balaban J connectivity index is 2.79. The van der Waals surface area contributed by atoms with E-state index in [1.165, 1.54) is 0 Å². The van der Waals surface area contributed by atoms with Crippen molar-refractivity contribution in [2.45, 2.75) is 12.5 Å². The Kier molecular flexibility index (Phi) is 6.68. The SMILES string of the molecule is COCCC(CBr)NC(=O)c1cc(F)c(Cl)cc1F. The summed E-state index contributed by atoms with van der Waals surface area (Å²) in [5.41, 5.74) is -0.370. The number of carbonyl (C=O) groups is 1. The molecule has 0 aliphatic carbocycles. The summed E-state index contributed by atoms with van der Waals surface area (Å²) in [6, 6.07) is 1.34. The van der Waals surface area contributed by atoms with Gasteiger partial charge in [-0.25, -0.2) is 8.78 Å². The third kappa shape index (κ3) is 4.71. The maximum atomic E-state index is 13.5. The Hall–Kier alpha value is -0.720. The van der Waals surface area contributed by atoms with E-state index >= 15 is 0 Å². The van der Waals surface area contributed by atoms with Gasteiger partial charge < -0.3 is 10.1 Å². The van der Waals surface area contributed by atoms with E-state index in [9.17, 15) is 13.6 Å². The lowest BCUT2D eigenvalue weighted by molar-refractivity contribution is 0.0926. The molecule has 1 unspecified atom stereocenters. The van der Waals surface area contributed by atoms with Crippen LogP contribution in [-0.4, -0.2) is 31.0 Å². The van der Waals surface area contributed by atoms with E-state index in [2.05, 4.69) is 21.2 Å². The van der Waals surface area contributed by atoms with Gasteiger partial charge in [-0.15, -0.1) is 0 Å². The first-order chi connectivity index (χ1) is 8.99. The van der Waals surface area contributed by atoms with E-state index in [0.717, 1.165) is 12.1 Å². The minimum Gasteiger partial charge on any atom is -0.385 e. The highest BCUT2D eigenvalue weighted by Crippen LogP contribution is 2.19. The Labute approximate surface area is 123 Å². The monoisotopic (exact) mass is 355 g/mol. The summed E-state index contributed by atoms with van der Waals surface area (Å²) in [5.74, 6) is -2.38. The molecule has 1 atom stereocenters. The fourth-order valence-corrected chi connectivity index (χ4v) is 2.04. The van der Waals surface area contributed by atoms with E-state index in [-0.39, 0.29) is 16.6 Å². The van der Waals surface area contributed by atoms with Gasteiger partial charge in [-0.2, -0.15) is 0 Å². The molecule has 0 saturated heterocycles. The van der Waals surface area contributed by atoms with E-state index in [1.54, 1.807) is 7.11 Å². The average Bonchev–Trinajstić information content (AvgIpc) is 2.38. The number of hydrogen-bond donors (Lipinski definition) is 1. The van der Waals surface area contributed by atoms with Gasteiger partial charge in [0.2, 0.25) is 0 Å². The highest BCUT2D eigenvalue weighted by molar-refractivity contribution is 9.09. The van der Waals surface area contributed by atoms with E-state index in [4.69, 9.17) is 16.3 Å². The first kappa shape index (κ1) is 16.3. The smallest absolute Gasteiger partial charge is 0.254 e. The second-order valence-electron chi connectivity index (χ2n) is 3.85. The molecule has 0 fully saturated rings. The Morgan fingerprint density at radius 2 is 2.16 bits per heavy atom. The predicted molar refractivity (Wildman–Crippen MR) is 72.9 cm³/mol. The summed E-state index contributed by atoms with van der Waals surface area (Å²) < 4.78 is 31.7. The average molecular weight is 357 g/mol. The van der Waals surface area contributed by atoms with Crippen LogP contribution in [0.1, 0.15) is 16.8 Å². The van der Waals surface area contributed by atoms with Gasteiger partial charge in [0.1, 0.15) is 11.6 Å². The number of hydrogen-bond acceptors (Lipinski definition) is 2. The molecule has 1 N–H and O–H groups in total. The molecule has 0 saturated carbocycles. The van der Waals surface area contributed by atoms with Crippen molar-refractivity contribution >= 4 is 33.4 Å². The lowest BCUT2D eigenvalue weighted by Crippen LogP contribution is -2.37. The molecule has 0 aliphatic heterocycles. The summed E-state index contributed by atoms with van der Waals surface area (Å²) in [4.78, 5) is 11.8. The molecule has 7 heteroatoms. The van der Waals surface area contributed by atoms with Crippen LogP contribution >= 0.6 is 27.5 Å².